The van der Waals surface area contributed by atoms with Crippen LogP contribution in [0.5, 0.6) is 0 Å². The first kappa shape index (κ1) is 19.8. The fraction of sp³-hybridized carbons (Fsp3) is 0.316. The third-order valence-corrected chi connectivity index (χ3v) is 4.56. The van der Waals surface area contributed by atoms with E-state index in [1.165, 1.54) is 5.56 Å². The SMILES string of the molecule is CCN(CCNC(=O)c1ccccc1NS(C)(=O)=O)c1ccccc1C. The van der Waals surface area contributed by atoms with Gasteiger partial charge >= 0.3 is 0 Å². The lowest BCUT2D eigenvalue weighted by molar-refractivity contribution is 0.0955. The van der Waals surface area contributed by atoms with E-state index in [9.17, 15) is 13.2 Å². The van der Waals surface area contributed by atoms with Gasteiger partial charge < -0.3 is 10.2 Å². The molecule has 0 bridgehead atoms. The van der Waals surface area contributed by atoms with Crippen molar-refractivity contribution in [3.8, 4) is 0 Å². The van der Waals surface area contributed by atoms with Crippen LogP contribution in [0.4, 0.5) is 11.4 Å². The Morgan fingerprint density at radius 2 is 1.73 bits per heavy atom. The van der Waals surface area contributed by atoms with Crippen molar-refractivity contribution in [1.29, 1.82) is 0 Å². The van der Waals surface area contributed by atoms with E-state index in [0.717, 1.165) is 18.5 Å². The van der Waals surface area contributed by atoms with Gasteiger partial charge in [-0.1, -0.05) is 30.3 Å². The van der Waals surface area contributed by atoms with Gasteiger partial charge in [0, 0.05) is 25.3 Å². The van der Waals surface area contributed by atoms with Gasteiger partial charge in [-0.3, -0.25) is 9.52 Å². The number of benzene rings is 2. The minimum absolute atomic E-state index is 0.277. The molecule has 0 aliphatic carbocycles. The number of para-hydroxylation sites is 2. The third-order valence-electron chi connectivity index (χ3n) is 3.97. The molecule has 0 aromatic heterocycles. The first-order valence-corrected chi connectivity index (χ1v) is 10.4. The highest BCUT2D eigenvalue weighted by Crippen LogP contribution is 2.19. The summed E-state index contributed by atoms with van der Waals surface area (Å²) in [4.78, 5) is 14.7. The van der Waals surface area contributed by atoms with Crippen LogP contribution in [0.2, 0.25) is 0 Å². The van der Waals surface area contributed by atoms with Gasteiger partial charge in [0.25, 0.3) is 5.91 Å². The Hall–Kier alpha value is -2.54. The molecule has 2 rings (SSSR count). The van der Waals surface area contributed by atoms with Crippen LogP contribution in [0.15, 0.2) is 48.5 Å². The standard InChI is InChI=1S/C19H25N3O3S/c1-4-22(18-12-8-5-9-15(18)2)14-13-20-19(23)16-10-6-7-11-17(16)21-26(3,24)25/h5-12,21H,4,13-14H2,1-3H3,(H,20,23). The van der Waals surface area contributed by atoms with Crippen LogP contribution in [0.3, 0.4) is 0 Å². The van der Waals surface area contributed by atoms with Gasteiger partial charge in [0.05, 0.1) is 17.5 Å². The van der Waals surface area contributed by atoms with Crippen LogP contribution >= 0.6 is 0 Å². The number of hydrogen-bond donors (Lipinski definition) is 2. The lowest BCUT2D eigenvalue weighted by Gasteiger charge is -2.25. The van der Waals surface area contributed by atoms with Gasteiger partial charge in [0.1, 0.15) is 0 Å². The maximum absolute atomic E-state index is 12.5. The summed E-state index contributed by atoms with van der Waals surface area (Å²) in [6, 6.07) is 14.7. The number of anilines is 2. The zero-order valence-corrected chi connectivity index (χ0v) is 16.1. The minimum Gasteiger partial charge on any atom is -0.370 e. The molecule has 2 aromatic rings. The topological polar surface area (TPSA) is 78.5 Å². The van der Waals surface area contributed by atoms with Crippen molar-refractivity contribution in [1.82, 2.24) is 5.32 Å². The fourth-order valence-electron chi connectivity index (χ4n) is 2.74. The molecule has 2 aromatic carbocycles. The quantitative estimate of drug-likeness (QED) is 0.743. The van der Waals surface area contributed by atoms with E-state index in [1.807, 2.05) is 12.1 Å². The summed E-state index contributed by atoms with van der Waals surface area (Å²) in [7, 11) is -3.45. The van der Waals surface area contributed by atoms with Gasteiger partial charge in [-0.2, -0.15) is 0 Å². The maximum atomic E-state index is 12.5. The van der Waals surface area contributed by atoms with Crippen molar-refractivity contribution >= 4 is 27.3 Å². The van der Waals surface area contributed by atoms with E-state index in [0.29, 0.717) is 18.7 Å². The summed E-state index contributed by atoms with van der Waals surface area (Å²) < 4.78 is 25.3. The summed E-state index contributed by atoms with van der Waals surface area (Å²) in [5, 5.41) is 2.86. The van der Waals surface area contributed by atoms with Gasteiger partial charge in [-0.15, -0.1) is 0 Å². The molecule has 0 spiro atoms. The number of nitrogens with one attached hydrogen (secondary N) is 2. The minimum atomic E-state index is -3.45. The second-order valence-corrected chi connectivity index (χ2v) is 7.79. The van der Waals surface area contributed by atoms with Crippen molar-refractivity contribution in [2.45, 2.75) is 13.8 Å². The highest BCUT2D eigenvalue weighted by Gasteiger charge is 2.14. The van der Waals surface area contributed by atoms with Crippen molar-refractivity contribution in [3.05, 3.63) is 59.7 Å². The smallest absolute Gasteiger partial charge is 0.253 e. The molecular weight excluding hydrogens is 350 g/mol. The molecule has 0 unspecified atom stereocenters. The summed E-state index contributed by atoms with van der Waals surface area (Å²) >= 11 is 0. The molecule has 0 saturated heterocycles. The molecule has 26 heavy (non-hydrogen) atoms. The van der Waals surface area contributed by atoms with E-state index in [1.54, 1.807) is 24.3 Å². The van der Waals surface area contributed by atoms with Crippen molar-refractivity contribution in [2.24, 2.45) is 0 Å². The zero-order chi connectivity index (χ0) is 19.2. The summed E-state index contributed by atoms with van der Waals surface area (Å²) in [6.45, 7) is 6.07. The molecule has 0 fully saturated rings. The second-order valence-electron chi connectivity index (χ2n) is 6.04. The van der Waals surface area contributed by atoms with Crippen molar-refractivity contribution in [3.63, 3.8) is 0 Å². The highest BCUT2D eigenvalue weighted by atomic mass is 32.2. The van der Waals surface area contributed by atoms with Gasteiger partial charge in [-0.05, 0) is 37.6 Å². The average Bonchev–Trinajstić information content (AvgIpc) is 2.58. The van der Waals surface area contributed by atoms with E-state index >= 15 is 0 Å². The monoisotopic (exact) mass is 375 g/mol. The van der Waals surface area contributed by atoms with Crippen molar-refractivity contribution < 1.29 is 13.2 Å². The lowest BCUT2D eigenvalue weighted by atomic mass is 10.1. The van der Waals surface area contributed by atoms with Gasteiger partial charge in [0.15, 0.2) is 0 Å². The number of aryl methyl sites for hydroxylation is 1. The Morgan fingerprint density at radius 1 is 1.08 bits per heavy atom. The van der Waals surface area contributed by atoms with Gasteiger partial charge in [0.2, 0.25) is 10.0 Å². The third kappa shape index (κ3) is 5.49. The van der Waals surface area contributed by atoms with E-state index < -0.39 is 10.0 Å². The Kier molecular flexibility index (Phi) is 6.63. The zero-order valence-electron chi connectivity index (χ0n) is 15.3. The number of likely N-dealkylation sites (N-methyl/N-ethyl adjacent to an activating group) is 1. The lowest BCUT2D eigenvalue weighted by Crippen LogP contribution is -2.35. The van der Waals surface area contributed by atoms with Crippen LogP contribution in [0, 0.1) is 6.92 Å². The number of hydrogen-bond acceptors (Lipinski definition) is 4. The summed E-state index contributed by atoms with van der Waals surface area (Å²) in [5.74, 6) is -0.308. The van der Waals surface area contributed by atoms with Crippen LogP contribution < -0.4 is 14.9 Å². The molecule has 140 valence electrons. The number of sulfonamides is 1. The second kappa shape index (κ2) is 8.71. The Labute approximate surface area is 155 Å². The molecule has 1 amide bonds. The van der Waals surface area contributed by atoms with Gasteiger partial charge in [-0.25, -0.2) is 8.42 Å². The fourth-order valence-corrected chi connectivity index (χ4v) is 3.31. The number of amides is 1. The van der Waals surface area contributed by atoms with Crippen LogP contribution in [0.1, 0.15) is 22.8 Å². The first-order valence-electron chi connectivity index (χ1n) is 8.47. The maximum Gasteiger partial charge on any atom is 0.253 e. The number of carbonyl (C=O) groups excluding carboxylic acids is 1. The Balaban J connectivity index is 2.02. The first-order chi connectivity index (χ1) is 12.3. The summed E-state index contributed by atoms with van der Waals surface area (Å²) in [5.41, 5.74) is 2.90. The van der Waals surface area contributed by atoms with Crippen LogP contribution in [-0.4, -0.2) is 40.2 Å². The van der Waals surface area contributed by atoms with Crippen LogP contribution in [-0.2, 0) is 10.0 Å². The molecule has 0 atom stereocenters. The van der Waals surface area contributed by atoms with E-state index in [-0.39, 0.29) is 11.6 Å². The average molecular weight is 375 g/mol. The van der Waals surface area contributed by atoms with E-state index in [4.69, 9.17) is 0 Å². The molecule has 0 saturated carbocycles. The predicted molar refractivity (Wildman–Crippen MR) is 106 cm³/mol. The molecule has 0 aliphatic heterocycles. The normalized spacial score (nSPS) is 11.0. The predicted octanol–water partition coefficient (Wildman–Crippen LogP) is 2.62. The molecule has 0 radical (unpaired) electrons. The largest absolute Gasteiger partial charge is 0.370 e. The molecule has 2 N–H and O–H groups in total. The molecule has 0 aliphatic rings. The number of carbonyl (C=O) groups is 1. The Bertz CT molecular complexity index is 866. The number of rotatable bonds is 8. The molecule has 0 heterocycles. The molecular formula is C19H25N3O3S. The molecule has 7 heteroatoms. The van der Waals surface area contributed by atoms with Crippen molar-refractivity contribution in [2.75, 3.05) is 35.5 Å². The highest BCUT2D eigenvalue weighted by molar-refractivity contribution is 7.92. The Morgan fingerprint density at radius 3 is 2.38 bits per heavy atom. The van der Waals surface area contributed by atoms with E-state index in [2.05, 4.69) is 40.9 Å². The van der Waals surface area contributed by atoms with Crippen LogP contribution in [0.25, 0.3) is 0 Å². The number of nitrogens with zero attached hydrogens (tertiary/aromatic N) is 1. The molecule has 6 nitrogen and oxygen atoms in total. The summed E-state index contributed by atoms with van der Waals surface area (Å²) in [6.07, 6.45) is 1.06.